The highest BCUT2D eigenvalue weighted by atomic mass is 16.6. The SMILES string of the molecule is CCC(C)CC(CC(=O)O)NC(=O)OC(C)(C)C=O. The summed E-state index contributed by atoms with van der Waals surface area (Å²) in [7, 11) is 0. The summed E-state index contributed by atoms with van der Waals surface area (Å²) in [5, 5.41) is 11.3. The summed E-state index contributed by atoms with van der Waals surface area (Å²) in [5.41, 5.74) is -1.21. The number of carboxylic acid groups (broad SMARTS) is 1. The monoisotopic (exact) mass is 273 g/mol. The first-order valence-electron chi connectivity index (χ1n) is 6.37. The number of carbonyl (C=O) groups is 3. The van der Waals surface area contributed by atoms with Gasteiger partial charge < -0.3 is 15.2 Å². The van der Waals surface area contributed by atoms with E-state index in [0.29, 0.717) is 18.6 Å². The van der Waals surface area contributed by atoms with Crippen LogP contribution in [0.15, 0.2) is 0 Å². The second kappa shape index (κ2) is 7.76. The van der Waals surface area contributed by atoms with E-state index >= 15 is 0 Å². The molecule has 0 aromatic heterocycles. The summed E-state index contributed by atoms with van der Waals surface area (Å²) < 4.78 is 4.90. The normalized spacial score (nSPS) is 14.3. The van der Waals surface area contributed by atoms with Crippen LogP contribution in [0.4, 0.5) is 4.79 Å². The first-order chi connectivity index (χ1) is 8.70. The molecule has 2 atom stereocenters. The zero-order chi connectivity index (χ0) is 15.1. The number of ether oxygens (including phenoxy) is 1. The highest BCUT2D eigenvalue weighted by molar-refractivity contribution is 5.74. The standard InChI is InChI=1S/C13H23NO5/c1-5-9(2)6-10(7-11(16)17)14-12(18)19-13(3,4)8-15/h8-10H,5-7H2,1-4H3,(H,14,18)(H,16,17). The first-order valence-corrected chi connectivity index (χ1v) is 6.37. The van der Waals surface area contributed by atoms with Crippen LogP contribution in [-0.2, 0) is 14.3 Å². The zero-order valence-corrected chi connectivity index (χ0v) is 11.9. The van der Waals surface area contributed by atoms with Gasteiger partial charge >= 0.3 is 12.1 Å². The van der Waals surface area contributed by atoms with Crippen molar-refractivity contribution >= 4 is 18.3 Å². The van der Waals surface area contributed by atoms with Crippen LogP contribution in [0.5, 0.6) is 0 Å². The van der Waals surface area contributed by atoms with Gasteiger partial charge in [-0.1, -0.05) is 20.3 Å². The topological polar surface area (TPSA) is 92.7 Å². The first kappa shape index (κ1) is 17.4. The fraction of sp³-hybridized carbons (Fsp3) is 0.769. The summed E-state index contributed by atoms with van der Waals surface area (Å²) in [4.78, 5) is 33.0. The lowest BCUT2D eigenvalue weighted by molar-refractivity contribution is -0.137. The van der Waals surface area contributed by atoms with Gasteiger partial charge in [-0.2, -0.15) is 0 Å². The van der Waals surface area contributed by atoms with Gasteiger partial charge in [-0.25, -0.2) is 4.79 Å². The van der Waals surface area contributed by atoms with Crippen molar-refractivity contribution in [3.8, 4) is 0 Å². The molecule has 0 spiro atoms. The molecule has 1 amide bonds. The smallest absolute Gasteiger partial charge is 0.408 e. The van der Waals surface area contributed by atoms with Crippen LogP contribution in [0.2, 0.25) is 0 Å². The van der Waals surface area contributed by atoms with E-state index in [9.17, 15) is 14.4 Å². The predicted octanol–water partition coefficient (Wildman–Crippen LogP) is 1.97. The Morgan fingerprint density at radius 2 is 2.00 bits per heavy atom. The number of hydrogen-bond acceptors (Lipinski definition) is 4. The Labute approximate surface area is 113 Å². The molecule has 0 aliphatic heterocycles. The van der Waals surface area contributed by atoms with E-state index in [0.717, 1.165) is 6.42 Å². The third-order valence-electron chi connectivity index (χ3n) is 2.77. The van der Waals surface area contributed by atoms with Gasteiger partial charge in [0, 0.05) is 6.04 Å². The molecule has 0 radical (unpaired) electrons. The molecular formula is C13H23NO5. The number of carboxylic acids is 1. The summed E-state index contributed by atoms with van der Waals surface area (Å²) in [6.07, 6.45) is 1.03. The summed E-state index contributed by atoms with van der Waals surface area (Å²) in [6.45, 7) is 6.90. The van der Waals surface area contributed by atoms with E-state index in [1.165, 1.54) is 13.8 Å². The lowest BCUT2D eigenvalue weighted by atomic mass is 9.97. The maximum absolute atomic E-state index is 11.6. The molecule has 0 saturated heterocycles. The van der Waals surface area contributed by atoms with Gasteiger partial charge in [0.2, 0.25) is 0 Å². The van der Waals surface area contributed by atoms with E-state index in [4.69, 9.17) is 9.84 Å². The maximum atomic E-state index is 11.6. The fourth-order valence-electron chi connectivity index (χ4n) is 1.52. The van der Waals surface area contributed by atoms with Crippen molar-refractivity contribution in [2.24, 2.45) is 5.92 Å². The van der Waals surface area contributed by atoms with E-state index < -0.39 is 23.7 Å². The van der Waals surface area contributed by atoms with Gasteiger partial charge in [0.05, 0.1) is 6.42 Å². The summed E-state index contributed by atoms with van der Waals surface area (Å²) >= 11 is 0. The zero-order valence-electron chi connectivity index (χ0n) is 11.9. The molecule has 0 heterocycles. The fourth-order valence-corrected chi connectivity index (χ4v) is 1.52. The third kappa shape index (κ3) is 8.18. The van der Waals surface area contributed by atoms with Crippen LogP contribution in [0.3, 0.4) is 0 Å². The molecule has 0 saturated carbocycles. The molecule has 6 heteroatoms. The van der Waals surface area contributed by atoms with Gasteiger partial charge in [0.25, 0.3) is 0 Å². The van der Waals surface area contributed by atoms with Crippen LogP contribution < -0.4 is 5.32 Å². The highest BCUT2D eigenvalue weighted by Gasteiger charge is 2.25. The summed E-state index contributed by atoms with van der Waals surface area (Å²) in [5.74, 6) is -0.688. The average molecular weight is 273 g/mol. The minimum Gasteiger partial charge on any atom is -0.481 e. The number of aliphatic carboxylic acids is 1. The lowest BCUT2D eigenvalue weighted by Gasteiger charge is -2.23. The van der Waals surface area contributed by atoms with Crippen molar-refractivity contribution in [1.82, 2.24) is 5.32 Å². The van der Waals surface area contributed by atoms with Crippen molar-refractivity contribution < 1.29 is 24.2 Å². The van der Waals surface area contributed by atoms with E-state index in [1.54, 1.807) is 0 Å². The van der Waals surface area contributed by atoms with Gasteiger partial charge in [-0.3, -0.25) is 9.59 Å². The Bertz CT molecular complexity index is 327. The predicted molar refractivity (Wildman–Crippen MR) is 69.9 cm³/mol. The van der Waals surface area contributed by atoms with Crippen molar-refractivity contribution in [2.45, 2.75) is 58.6 Å². The Morgan fingerprint density at radius 3 is 2.42 bits per heavy atom. The molecular weight excluding hydrogens is 250 g/mol. The second-order valence-corrected chi connectivity index (χ2v) is 5.30. The van der Waals surface area contributed by atoms with Crippen LogP contribution in [0.25, 0.3) is 0 Å². The lowest BCUT2D eigenvalue weighted by Crippen LogP contribution is -2.42. The molecule has 0 bridgehead atoms. The van der Waals surface area contributed by atoms with Crippen molar-refractivity contribution in [3.63, 3.8) is 0 Å². The molecule has 0 aromatic rings. The Hall–Kier alpha value is -1.59. The molecule has 0 aliphatic rings. The molecule has 110 valence electrons. The molecule has 0 rings (SSSR count). The molecule has 6 nitrogen and oxygen atoms in total. The molecule has 0 aliphatic carbocycles. The number of carbonyl (C=O) groups excluding carboxylic acids is 2. The Morgan fingerprint density at radius 1 is 1.42 bits per heavy atom. The van der Waals surface area contributed by atoms with Gasteiger partial charge in [-0.05, 0) is 26.2 Å². The maximum Gasteiger partial charge on any atom is 0.408 e. The Balaban J connectivity index is 4.50. The quantitative estimate of drug-likeness (QED) is 0.659. The minimum atomic E-state index is -1.21. The number of nitrogens with one attached hydrogen (secondary N) is 1. The van der Waals surface area contributed by atoms with Crippen molar-refractivity contribution in [1.29, 1.82) is 0 Å². The molecule has 2 unspecified atom stereocenters. The minimum absolute atomic E-state index is 0.166. The molecule has 19 heavy (non-hydrogen) atoms. The van der Waals surface area contributed by atoms with E-state index in [2.05, 4.69) is 5.32 Å². The van der Waals surface area contributed by atoms with Crippen molar-refractivity contribution in [2.75, 3.05) is 0 Å². The van der Waals surface area contributed by atoms with Crippen molar-refractivity contribution in [3.05, 3.63) is 0 Å². The summed E-state index contributed by atoms with van der Waals surface area (Å²) in [6, 6.07) is -0.498. The number of rotatable bonds is 8. The van der Waals surface area contributed by atoms with Gasteiger partial charge in [0.15, 0.2) is 11.9 Å². The Kier molecular flexibility index (Phi) is 7.11. The van der Waals surface area contributed by atoms with Gasteiger partial charge in [-0.15, -0.1) is 0 Å². The third-order valence-corrected chi connectivity index (χ3v) is 2.77. The average Bonchev–Trinajstić information content (AvgIpc) is 2.26. The molecule has 0 aromatic carbocycles. The molecule has 0 fully saturated rings. The number of amides is 1. The highest BCUT2D eigenvalue weighted by Crippen LogP contribution is 2.13. The van der Waals surface area contributed by atoms with E-state index in [1.807, 2.05) is 13.8 Å². The van der Waals surface area contributed by atoms with E-state index in [-0.39, 0.29) is 6.42 Å². The largest absolute Gasteiger partial charge is 0.481 e. The number of aldehydes is 1. The second-order valence-electron chi connectivity index (χ2n) is 5.30. The van der Waals surface area contributed by atoms with Crippen LogP contribution in [0.1, 0.15) is 47.0 Å². The molecule has 2 N–H and O–H groups in total. The number of hydrogen-bond donors (Lipinski definition) is 2. The van der Waals surface area contributed by atoms with Gasteiger partial charge in [0.1, 0.15) is 0 Å². The van der Waals surface area contributed by atoms with Crippen LogP contribution in [0, 0.1) is 5.92 Å². The van der Waals surface area contributed by atoms with Crippen LogP contribution >= 0.6 is 0 Å². The number of alkyl carbamates (subject to hydrolysis) is 1. The van der Waals surface area contributed by atoms with Crippen LogP contribution in [-0.4, -0.2) is 35.1 Å².